The number of cyclic esters (lactones) is 1. The lowest BCUT2D eigenvalue weighted by Crippen LogP contribution is -2.55. The van der Waals surface area contributed by atoms with Crippen molar-refractivity contribution in [3.05, 3.63) is 162 Å². The van der Waals surface area contributed by atoms with Gasteiger partial charge >= 0.3 is 5.97 Å². The number of morpholine rings is 1. The number of nitrogens with one attached hydrogen (secondary N) is 2. The van der Waals surface area contributed by atoms with Gasteiger partial charge in [-0.3, -0.25) is 24.3 Å². The highest BCUT2D eigenvalue weighted by Crippen LogP contribution is 2.64. The Morgan fingerprint density at radius 3 is 2.18 bits per heavy atom. The normalized spacial score (nSPS) is 25.7. The van der Waals surface area contributed by atoms with Gasteiger partial charge in [0.15, 0.2) is 0 Å². The van der Waals surface area contributed by atoms with Crippen LogP contribution in [0.25, 0.3) is 0 Å². The average Bonchev–Trinajstić information content (AvgIpc) is 3.62. The quantitative estimate of drug-likeness (QED) is 0.201. The van der Waals surface area contributed by atoms with Crippen molar-refractivity contribution in [1.29, 1.82) is 0 Å². The topological polar surface area (TPSA) is 121 Å². The Morgan fingerprint density at radius 2 is 1.47 bits per heavy atom. The second-order valence-electron chi connectivity index (χ2n) is 12.7. The number of aromatic nitrogens is 1. The first-order valence-corrected chi connectivity index (χ1v) is 16.4. The van der Waals surface area contributed by atoms with Crippen molar-refractivity contribution in [3.8, 4) is 5.75 Å². The molecule has 3 aliphatic heterocycles. The maximum absolute atomic E-state index is 14.8. The molecule has 9 nitrogen and oxygen atoms in total. The molecule has 0 saturated carbocycles. The zero-order valence-corrected chi connectivity index (χ0v) is 26.5. The zero-order valence-electron chi connectivity index (χ0n) is 26.5. The maximum Gasteiger partial charge on any atom is 0.324 e. The van der Waals surface area contributed by atoms with Gasteiger partial charge in [-0.15, -0.1) is 0 Å². The summed E-state index contributed by atoms with van der Waals surface area (Å²) in [5.41, 5.74) is 2.84. The molecule has 5 aromatic rings. The summed E-state index contributed by atoms with van der Waals surface area (Å²) < 4.78 is 6.39. The smallest absolute Gasteiger partial charge is 0.324 e. The number of aromatic hydroxyl groups is 1. The number of nitrogens with zero attached hydrogens (tertiary/aromatic N) is 2. The van der Waals surface area contributed by atoms with Gasteiger partial charge in [-0.1, -0.05) is 97.1 Å². The number of phenolic OH excluding ortho intramolecular Hbond substituents is 1. The van der Waals surface area contributed by atoms with E-state index in [2.05, 4.69) is 15.6 Å². The standard InChI is InChI=1S/C40H34N4O5/c45-29-20-18-27(19-21-29)36-40(30-16-7-8-17-31(30)43-39(40)48)32(37(46)42-24-22-28-15-9-10-23-41-28)34-38(47)49-35(26-13-5-2-6-14-26)33(44(34)36)25-11-3-1-4-12-25/h1-21,23,32-36,45H,22,24H2,(H,42,46)(H,43,48)/t32-,33-,34-,35+,36+,40-/m0/s1. The summed E-state index contributed by atoms with van der Waals surface area (Å²) >= 11 is 0. The average molecular weight is 651 g/mol. The van der Waals surface area contributed by atoms with Crippen molar-refractivity contribution in [2.45, 2.75) is 36.1 Å². The van der Waals surface area contributed by atoms with E-state index >= 15 is 0 Å². The molecule has 0 radical (unpaired) electrons. The zero-order chi connectivity index (χ0) is 33.5. The molecule has 0 unspecified atom stereocenters. The van der Waals surface area contributed by atoms with Crippen molar-refractivity contribution < 1.29 is 24.2 Å². The number of esters is 1. The summed E-state index contributed by atoms with van der Waals surface area (Å²) in [6, 6.07) is 36.5. The summed E-state index contributed by atoms with van der Waals surface area (Å²) in [4.78, 5) is 50.7. The number of carbonyl (C=O) groups is 3. The Morgan fingerprint density at radius 1 is 0.796 bits per heavy atom. The van der Waals surface area contributed by atoms with Crippen molar-refractivity contribution >= 4 is 23.5 Å². The van der Waals surface area contributed by atoms with Gasteiger partial charge in [0.05, 0.1) is 18.0 Å². The number of amides is 2. The minimum Gasteiger partial charge on any atom is -0.508 e. The van der Waals surface area contributed by atoms with Gasteiger partial charge in [0, 0.05) is 30.5 Å². The molecule has 2 amide bonds. The predicted molar refractivity (Wildman–Crippen MR) is 182 cm³/mol. The van der Waals surface area contributed by atoms with Crippen LogP contribution >= 0.6 is 0 Å². The molecule has 3 aliphatic rings. The molecule has 3 N–H and O–H groups in total. The molecular weight excluding hydrogens is 616 g/mol. The number of para-hydroxylation sites is 1. The van der Waals surface area contributed by atoms with E-state index in [1.165, 1.54) is 0 Å². The van der Waals surface area contributed by atoms with E-state index in [9.17, 15) is 19.5 Å². The lowest BCUT2D eigenvalue weighted by Gasteiger charge is -2.46. The number of carbonyl (C=O) groups excluding carboxylic acids is 3. The molecular formula is C40H34N4O5. The highest BCUT2D eigenvalue weighted by atomic mass is 16.6. The minimum atomic E-state index is -1.54. The van der Waals surface area contributed by atoms with Gasteiger partial charge in [0.2, 0.25) is 11.8 Å². The molecule has 4 aromatic carbocycles. The largest absolute Gasteiger partial charge is 0.508 e. The first-order chi connectivity index (χ1) is 24.0. The number of benzene rings is 4. The van der Waals surface area contributed by atoms with Crippen LogP contribution in [0.2, 0.25) is 0 Å². The van der Waals surface area contributed by atoms with E-state index in [0.29, 0.717) is 23.2 Å². The Hall–Kier alpha value is -5.80. The molecule has 2 saturated heterocycles. The van der Waals surface area contributed by atoms with Gasteiger partial charge in [-0.05, 0) is 52.6 Å². The fourth-order valence-electron chi connectivity index (χ4n) is 8.18. The van der Waals surface area contributed by atoms with Crippen molar-refractivity contribution in [1.82, 2.24) is 15.2 Å². The molecule has 49 heavy (non-hydrogen) atoms. The Bertz CT molecular complexity index is 2010. The highest BCUT2D eigenvalue weighted by molar-refractivity contribution is 6.12. The summed E-state index contributed by atoms with van der Waals surface area (Å²) in [6.45, 7) is 0.256. The molecule has 0 aliphatic carbocycles. The van der Waals surface area contributed by atoms with Crippen molar-refractivity contribution in [2.75, 3.05) is 11.9 Å². The molecule has 1 aromatic heterocycles. The molecule has 9 heteroatoms. The third-order valence-electron chi connectivity index (χ3n) is 10.1. The van der Waals surface area contributed by atoms with Crippen LogP contribution < -0.4 is 10.6 Å². The molecule has 4 heterocycles. The van der Waals surface area contributed by atoms with Gasteiger partial charge in [0.1, 0.15) is 23.3 Å². The second kappa shape index (κ2) is 12.3. The van der Waals surface area contributed by atoms with Gasteiger partial charge in [0.25, 0.3) is 0 Å². The first-order valence-electron chi connectivity index (χ1n) is 16.4. The predicted octanol–water partition coefficient (Wildman–Crippen LogP) is 5.42. The van der Waals surface area contributed by atoms with E-state index < -0.39 is 47.4 Å². The van der Waals surface area contributed by atoms with Crippen LogP contribution in [0, 0.1) is 5.92 Å². The van der Waals surface area contributed by atoms with Gasteiger partial charge in [-0.25, -0.2) is 0 Å². The van der Waals surface area contributed by atoms with E-state index in [0.717, 1.165) is 16.8 Å². The third-order valence-corrected chi connectivity index (χ3v) is 10.1. The number of ether oxygens (including phenoxy) is 1. The van der Waals surface area contributed by atoms with Crippen LogP contribution in [-0.2, 0) is 31.0 Å². The van der Waals surface area contributed by atoms with Gasteiger partial charge < -0.3 is 20.5 Å². The monoisotopic (exact) mass is 650 g/mol. The number of rotatable bonds is 7. The Balaban J connectivity index is 1.35. The van der Waals surface area contributed by atoms with Crippen LogP contribution in [0.5, 0.6) is 5.75 Å². The maximum atomic E-state index is 14.8. The first kappa shape index (κ1) is 30.5. The van der Waals surface area contributed by atoms with Crippen LogP contribution in [0.1, 0.15) is 46.1 Å². The summed E-state index contributed by atoms with van der Waals surface area (Å²) in [5, 5.41) is 16.5. The SMILES string of the molecule is O=C1O[C@H](c2ccccc2)[C@H](c2ccccc2)N2[C@H]1[C@@H](C(=O)NCCc1ccccn1)[C@]1(C(=O)Nc3ccccc31)[C@H]2c1ccc(O)cc1. The Kier molecular flexibility index (Phi) is 7.69. The molecule has 1 spiro atoms. The van der Waals surface area contributed by atoms with Crippen LogP contribution in [-0.4, -0.2) is 45.4 Å². The van der Waals surface area contributed by atoms with Crippen molar-refractivity contribution in [2.24, 2.45) is 5.92 Å². The highest BCUT2D eigenvalue weighted by Gasteiger charge is 2.73. The molecule has 6 atom stereocenters. The van der Waals surface area contributed by atoms with Crippen LogP contribution in [0.15, 0.2) is 134 Å². The Labute approximate surface area is 283 Å². The number of hydrogen-bond donors (Lipinski definition) is 3. The van der Waals surface area contributed by atoms with E-state index in [1.54, 1.807) is 30.5 Å². The van der Waals surface area contributed by atoms with Crippen LogP contribution in [0.4, 0.5) is 5.69 Å². The number of anilines is 1. The van der Waals surface area contributed by atoms with Crippen LogP contribution in [0.3, 0.4) is 0 Å². The molecule has 2 fully saturated rings. The van der Waals surface area contributed by atoms with E-state index in [4.69, 9.17) is 4.74 Å². The van der Waals surface area contributed by atoms with Gasteiger partial charge in [-0.2, -0.15) is 0 Å². The van der Waals surface area contributed by atoms with E-state index in [-0.39, 0.29) is 18.2 Å². The lowest BCUT2D eigenvalue weighted by molar-refractivity contribution is -0.178. The number of pyridine rings is 1. The molecule has 8 rings (SSSR count). The van der Waals surface area contributed by atoms with E-state index in [1.807, 2.05) is 108 Å². The van der Waals surface area contributed by atoms with Crippen molar-refractivity contribution in [3.63, 3.8) is 0 Å². The fraction of sp³-hybridized carbons (Fsp3) is 0.200. The third kappa shape index (κ3) is 4.96. The summed E-state index contributed by atoms with van der Waals surface area (Å²) in [5.74, 6) is -2.49. The molecule has 0 bridgehead atoms. The lowest BCUT2D eigenvalue weighted by atomic mass is 9.65. The number of hydrogen-bond acceptors (Lipinski definition) is 7. The molecule has 244 valence electrons. The number of fused-ring (bicyclic) bond motifs is 3. The summed E-state index contributed by atoms with van der Waals surface area (Å²) in [6.07, 6.45) is 1.43. The summed E-state index contributed by atoms with van der Waals surface area (Å²) in [7, 11) is 0. The minimum absolute atomic E-state index is 0.0623. The fourth-order valence-corrected chi connectivity index (χ4v) is 8.18. The second-order valence-corrected chi connectivity index (χ2v) is 12.7. The number of phenols is 1.